The van der Waals surface area contributed by atoms with E-state index < -0.39 is 0 Å². The van der Waals surface area contributed by atoms with Crippen molar-refractivity contribution < 1.29 is 4.79 Å². The molecule has 1 amide bonds. The summed E-state index contributed by atoms with van der Waals surface area (Å²) in [6, 6.07) is 5.10. The quantitative estimate of drug-likeness (QED) is 0.742. The van der Waals surface area contributed by atoms with Crippen LogP contribution in [0.25, 0.3) is 0 Å². The first-order valence-electron chi connectivity index (χ1n) is 4.03. The van der Waals surface area contributed by atoms with Gasteiger partial charge < -0.3 is 5.32 Å². The fraction of sp³-hybridized carbons (Fsp3) is 0.333. The van der Waals surface area contributed by atoms with Gasteiger partial charge in [-0.05, 0) is 12.1 Å². The number of pyridine rings is 1. The summed E-state index contributed by atoms with van der Waals surface area (Å²) in [5, 5.41) is 3.02. The smallest absolute Gasteiger partial charge is 0.228 e. The van der Waals surface area contributed by atoms with Crippen LogP contribution in [0.1, 0.15) is 13.8 Å². The highest BCUT2D eigenvalue weighted by atomic mass is 35.5. The van der Waals surface area contributed by atoms with Crippen LogP contribution < -0.4 is 5.32 Å². The lowest BCUT2D eigenvalue weighted by atomic mass is 10.2. The second-order valence-electron chi connectivity index (χ2n) is 2.99. The number of hydrogen-bond donors (Lipinski definition) is 1. The van der Waals surface area contributed by atoms with Gasteiger partial charge in [-0.3, -0.25) is 4.79 Å². The van der Waals surface area contributed by atoms with E-state index in [2.05, 4.69) is 10.3 Å². The standard InChI is InChI=1S/C9H11ClN2O/c1-6(2)9(13)12-8-5-3-4-7(10)11-8/h3-6H,1-2H3,(H,11,12,13). The largest absolute Gasteiger partial charge is 0.310 e. The normalized spacial score (nSPS) is 10.2. The zero-order chi connectivity index (χ0) is 9.84. The molecule has 0 aliphatic carbocycles. The second kappa shape index (κ2) is 4.23. The van der Waals surface area contributed by atoms with E-state index in [0.717, 1.165) is 0 Å². The summed E-state index contributed by atoms with van der Waals surface area (Å²) in [5.74, 6) is 0.377. The van der Waals surface area contributed by atoms with E-state index in [1.807, 2.05) is 13.8 Å². The van der Waals surface area contributed by atoms with Crippen LogP contribution in [0.2, 0.25) is 5.15 Å². The molecule has 0 aromatic carbocycles. The Bertz CT molecular complexity index is 312. The number of rotatable bonds is 2. The predicted octanol–water partition coefficient (Wildman–Crippen LogP) is 2.33. The lowest BCUT2D eigenvalue weighted by Gasteiger charge is -2.06. The maximum atomic E-state index is 11.2. The van der Waals surface area contributed by atoms with E-state index >= 15 is 0 Å². The predicted molar refractivity (Wildman–Crippen MR) is 52.7 cm³/mol. The highest BCUT2D eigenvalue weighted by molar-refractivity contribution is 6.29. The number of amides is 1. The third-order valence-electron chi connectivity index (χ3n) is 1.49. The molecule has 3 nitrogen and oxygen atoms in total. The molecule has 0 radical (unpaired) electrons. The van der Waals surface area contributed by atoms with Crippen molar-refractivity contribution in [2.45, 2.75) is 13.8 Å². The van der Waals surface area contributed by atoms with Crippen LogP contribution in [0.4, 0.5) is 5.82 Å². The molecule has 0 atom stereocenters. The summed E-state index contributed by atoms with van der Waals surface area (Å²) >= 11 is 5.65. The van der Waals surface area contributed by atoms with Gasteiger partial charge in [0.2, 0.25) is 5.91 Å². The molecule has 0 spiro atoms. The lowest BCUT2D eigenvalue weighted by Crippen LogP contribution is -2.18. The number of carbonyl (C=O) groups excluding carboxylic acids is 1. The Hall–Kier alpha value is -1.09. The van der Waals surface area contributed by atoms with E-state index in [1.165, 1.54) is 0 Å². The molecule has 70 valence electrons. The summed E-state index contributed by atoms with van der Waals surface area (Å²) in [4.78, 5) is 15.2. The molecule has 0 bridgehead atoms. The Kier molecular flexibility index (Phi) is 3.25. The second-order valence-corrected chi connectivity index (χ2v) is 3.38. The maximum Gasteiger partial charge on any atom is 0.228 e. The van der Waals surface area contributed by atoms with Crippen LogP contribution in [-0.2, 0) is 4.79 Å². The van der Waals surface area contributed by atoms with Crippen LogP contribution in [0.3, 0.4) is 0 Å². The molecule has 1 aromatic heterocycles. The molecule has 0 aliphatic heterocycles. The minimum absolute atomic E-state index is 0.0548. The molecule has 4 heteroatoms. The van der Waals surface area contributed by atoms with Crippen molar-refractivity contribution in [3.63, 3.8) is 0 Å². The Labute approximate surface area is 82.1 Å². The van der Waals surface area contributed by atoms with Crippen molar-refractivity contribution in [1.29, 1.82) is 0 Å². The van der Waals surface area contributed by atoms with Gasteiger partial charge in [-0.25, -0.2) is 4.98 Å². The van der Waals surface area contributed by atoms with E-state index in [4.69, 9.17) is 11.6 Å². The summed E-state index contributed by atoms with van der Waals surface area (Å²) in [6.07, 6.45) is 0. The number of nitrogens with zero attached hydrogens (tertiary/aromatic N) is 1. The van der Waals surface area contributed by atoms with Crippen molar-refractivity contribution in [2.24, 2.45) is 5.92 Å². The van der Waals surface area contributed by atoms with Crippen molar-refractivity contribution in [3.8, 4) is 0 Å². The van der Waals surface area contributed by atoms with E-state index in [9.17, 15) is 4.79 Å². The third-order valence-corrected chi connectivity index (χ3v) is 1.70. The number of hydrogen-bond acceptors (Lipinski definition) is 2. The maximum absolute atomic E-state index is 11.2. The SMILES string of the molecule is CC(C)C(=O)Nc1cccc(Cl)n1. The van der Waals surface area contributed by atoms with Crippen molar-refractivity contribution >= 4 is 23.3 Å². The highest BCUT2D eigenvalue weighted by Crippen LogP contribution is 2.09. The highest BCUT2D eigenvalue weighted by Gasteiger charge is 2.07. The Morgan fingerprint density at radius 1 is 1.54 bits per heavy atom. The van der Waals surface area contributed by atoms with Crippen molar-refractivity contribution in [1.82, 2.24) is 4.98 Å². The Balaban J connectivity index is 2.69. The van der Waals surface area contributed by atoms with Gasteiger partial charge in [-0.15, -0.1) is 0 Å². The Morgan fingerprint density at radius 2 is 2.23 bits per heavy atom. The first-order valence-corrected chi connectivity index (χ1v) is 4.41. The number of anilines is 1. The fourth-order valence-corrected chi connectivity index (χ4v) is 0.912. The van der Waals surface area contributed by atoms with E-state index in [0.29, 0.717) is 11.0 Å². The van der Waals surface area contributed by atoms with Gasteiger partial charge in [-0.1, -0.05) is 31.5 Å². The zero-order valence-corrected chi connectivity index (χ0v) is 8.30. The van der Waals surface area contributed by atoms with Crippen LogP contribution in [0.15, 0.2) is 18.2 Å². The zero-order valence-electron chi connectivity index (χ0n) is 7.54. The van der Waals surface area contributed by atoms with Gasteiger partial charge in [0, 0.05) is 5.92 Å². The molecule has 0 fully saturated rings. The van der Waals surface area contributed by atoms with E-state index in [-0.39, 0.29) is 11.8 Å². The monoisotopic (exact) mass is 198 g/mol. The average Bonchev–Trinajstić information content (AvgIpc) is 2.04. The molecule has 1 heterocycles. The molecule has 0 aliphatic rings. The fourth-order valence-electron chi connectivity index (χ4n) is 0.748. The summed E-state index contributed by atoms with van der Waals surface area (Å²) < 4.78 is 0. The van der Waals surface area contributed by atoms with Gasteiger partial charge in [0.15, 0.2) is 0 Å². The van der Waals surface area contributed by atoms with Gasteiger partial charge in [0.25, 0.3) is 0 Å². The molecule has 1 rings (SSSR count). The number of nitrogens with one attached hydrogen (secondary N) is 1. The topological polar surface area (TPSA) is 42.0 Å². The lowest BCUT2D eigenvalue weighted by molar-refractivity contribution is -0.118. The third kappa shape index (κ3) is 3.03. The first-order chi connectivity index (χ1) is 6.09. The van der Waals surface area contributed by atoms with Crippen LogP contribution in [0.5, 0.6) is 0 Å². The average molecular weight is 199 g/mol. The number of carbonyl (C=O) groups is 1. The molecule has 1 aromatic rings. The van der Waals surface area contributed by atoms with Crippen LogP contribution in [0, 0.1) is 5.92 Å². The van der Waals surface area contributed by atoms with Crippen LogP contribution in [-0.4, -0.2) is 10.9 Å². The molecule has 0 saturated heterocycles. The molecule has 0 saturated carbocycles. The Morgan fingerprint density at radius 3 is 2.77 bits per heavy atom. The number of aromatic nitrogens is 1. The summed E-state index contributed by atoms with van der Waals surface area (Å²) in [6.45, 7) is 3.64. The summed E-state index contributed by atoms with van der Waals surface area (Å²) in [7, 11) is 0. The van der Waals surface area contributed by atoms with Crippen molar-refractivity contribution in [2.75, 3.05) is 5.32 Å². The van der Waals surface area contributed by atoms with Gasteiger partial charge in [0.1, 0.15) is 11.0 Å². The van der Waals surface area contributed by atoms with Gasteiger partial charge in [-0.2, -0.15) is 0 Å². The van der Waals surface area contributed by atoms with Gasteiger partial charge >= 0.3 is 0 Å². The summed E-state index contributed by atoms with van der Waals surface area (Å²) in [5.41, 5.74) is 0. The minimum Gasteiger partial charge on any atom is -0.310 e. The molecular weight excluding hydrogens is 188 g/mol. The van der Waals surface area contributed by atoms with Gasteiger partial charge in [0.05, 0.1) is 0 Å². The van der Waals surface area contributed by atoms with Crippen molar-refractivity contribution in [3.05, 3.63) is 23.4 Å². The van der Waals surface area contributed by atoms with Crippen LogP contribution >= 0.6 is 11.6 Å². The first kappa shape index (κ1) is 9.99. The minimum atomic E-state index is -0.0604. The van der Waals surface area contributed by atoms with E-state index in [1.54, 1.807) is 18.2 Å². The molecule has 1 N–H and O–H groups in total. The number of halogens is 1. The molecule has 13 heavy (non-hydrogen) atoms. The molecular formula is C9H11ClN2O. The molecule has 0 unspecified atom stereocenters.